The van der Waals surface area contributed by atoms with Gasteiger partial charge in [0.05, 0.1) is 18.1 Å². The fourth-order valence-corrected chi connectivity index (χ4v) is 4.40. The van der Waals surface area contributed by atoms with Gasteiger partial charge in [0.25, 0.3) is 0 Å². The number of rotatable bonds is 6. The van der Waals surface area contributed by atoms with Crippen LogP contribution >= 0.6 is 0 Å². The number of sulfone groups is 1. The van der Waals surface area contributed by atoms with Crippen LogP contribution in [0.4, 0.5) is 0 Å². The second-order valence-electron chi connectivity index (χ2n) is 6.58. The van der Waals surface area contributed by atoms with Crippen molar-refractivity contribution in [3.05, 3.63) is 0 Å². The van der Waals surface area contributed by atoms with E-state index in [-0.39, 0.29) is 23.5 Å². The Morgan fingerprint density at radius 3 is 2.56 bits per heavy atom. The van der Waals surface area contributed by atoms with Gasteiger partial charge in [0, 0.05) is 51.7 Å². The Hall–Kier alpha value is -1.35. The van der Waals surface area contributed by atoms with Gasteiger partial charge >= 0.3 is 0 Å². The summed E-state index contributed by atoms with van der Waals surface area (Å²) in [6, 6.07) is 0.230. The number of hydrogen-bond donors (Lipinski definition) is 2. The Morgan fingerprint density at radius 1 is 1.20 bits per heavy atom. The predicted molar refractivity (Wildman–Crippen MR) is 99.5 cm³/mol. The summed E-state index contributed by atoms with van der Waals surface area (Å²) in [6.45, 7) is 8.79. The van der Waals surface area contributed by atoms with E-state index in [2.05, 4.69) is 20.5 Å². The Kier molecular flexibility index (Phi) is 7.49. The van der Waals surface area contributed by atoms with E-state index in [1.54, 1.807) is 0 Å². The minimum Gasteiger partial charge on any atom is -0.357 e. The van der Waals surface area contributed by atoms with Gasteiger partial charge in [0.2, 0.25) is 5.91 Å². The maximum absolute atomic E-state index is 11.8. The first-order valence-corrected chi connectivity index (χ1v) is 11.0. The Bertz CT molecular complexity index is 564. The van der Waals surface area contributed by atoms with Crippen LogP contribution in [0.2, 0.25) is 0 Å². The summed E-state index contributed by atoms with van der Waals surface area (Å²) >= 11 is 0. The molecule has 1 atom stereocenters. The van der Waals surface area contributed by atoms with Gasteiger partial charge in [-0.25, -0.2) is 8.42 Å². The molecule has 0 aliphatic carbocycles. The van der Waals surface area contributed by atoms with E-state index in [0.717, 1.165) is 38.6 Å². The molecule has 25 heavy (non-hydrogen) atoms. The Labute approximate surface area is 151 Å². The van der Waals surface area contributed by atoms with Crippen LogP contribution in [-0.4, -0.2) is 93.4 Å². The van der Waals surface area contributed by atoms with Gasteiger partial charge < -0.3 is 15.5 Å². The number of hydrogen-bond acceptors (Lipinski definition) is 5. The van der Waals surface area contributed by atoms with Gasteiger partial charge in [-0.1, -0.05) is 6.92 Å². The van der Waals surface area contributed by atoms with Crippen LogP contribution in [0.15, 0.2) is 4.99 Å². The standard InChI is InChI=1S/C16H31N5O3S/c1-3-15(22)21-7-5-14(13-21)19-16(17-4-2)18-6-8-20-9-11-25(23,24)12-10-20/h14H,3-13H2,1-2H3,(H2,17,18,19). The molecule has 0 aromatic carbocycles. The molecule has 2 fully saturated rings. The fourth-order valence-electron chi connectivity index (χ4n) is 3.12. The second kappa shape index (κ2) is 9.38. The van der Waals surface area contributed by atoms with E-state index in [0.29, 0.717) is 26.1 Å². The average molecular weight is 374 g/mol. The maximum atomic E-state index is 11.8. The van der Waals surface area contributed by atoms with Crippen molar-refractivity contribution in [2.75, 3.05) is 57.3 Å². The van der Waals surface area contributed by atoms with Crippen LogP contribution in [-0.2, 0) is 14.6 Å². The van der Waals surface area contributed by atoms with Gasteiger partial charge in [-0.15, -0.1) is 0 Å². The molecule has 2 aliphatic rings. The number of carbonyl (C=O) groups excluding carboxylic acids is 1. The molecule has 0 bridgehead atoms. The summed E-state index contributed by atoms with van der Waals surface area (Å²) in [4.78, 5) is 20.4. The minimum absolute atomic E-state index is 0.200. The molecule has 2 N–H and O–H groups in total. The van der Waals surface area contributed by atoms with E-state index in [4.69, 9.17) is 0 Å². The van der Waals surface area contributed by atoms with Gasteiger partial charge in [0.15, 0.2) is 15.8 Å². The van der Waals surface area contributed by atoms with Crippen molar-refractivity contribution in [3.63, 3.8) is 0 Å². The number of amides is 1. The molecule has 2 saturated heterocycles. The first-order valence-electron chi connectivity index (χ1n) is 9.19. The zero-order chi connectivity index (χ0) is 18.3. The zero-order valence-corrected chi connectivity index (χ0v) is 16.1. The summed E-state index contributed by atoms with van der Waals surface area (Å²) in [5, 5.41) is 6.65. The molecule has 0 aromatic rings. The Balaban J connectivity index is 1.78. The monoisotopic (exact) mass is 373 g/mol. The third-order valence-electron chi connectivity index (χ3n) is 4.65. The molecule has 8 nitrogen and oxygen atoms in total. The molecule has 0 saturated carbocycles. The first-order chi connectivity index (χ1) is 11.9. The quantitative estimate of drug-likeness (QED) is 0.472. The SMILES string of the molecule is CCNC(=NCCN1CCS(=O)(=O)CC1)NC1CCN(C(=O)CC)C1. The van der Waals surface area contributed by atoms with Gasteiger partial charge in [-0.05, 0) is 13.3 Å². The Morgan fingerprint density at radius 2 is 1.92 bits per heavy atom. The third kappa shape index (κ3) is 6.47. The van der Waals surface area contributed by atoms with E-state index >= 15 is 0 Å². The molecular formula is C16H31N5O3S. The molecule has 9 heteroatoms. The van der Waals surface area contributed by atoms with Crippen LogP contribution in [0.5, 0.6) is 0 Å². The lowest BCUT2D eigenvalue weighted by molar-refractivity contribution is -0.129. The molecule has 2 heterocycles. The smallest absolute Gasteiger partial charge is 0.222 e. The number of nitrogens with zero attached hydrogens (tertiary/aromatic N) is 3. The highest BCUT2D eigenvalue weighted by Gasteiger charge is 2.26. The molecule has 2 aliphatic heterocycles. The highest BCUT2D eigenvalue weighted by atomic mass is 32.2. The molecule has 144 valence electrons. The summed E-state index contributed by atoms with van der Waals surface area (Å²) in [5.74, 6) is 1.46. The highest BCUT2D eigenvalue weighted by molar-refractivity contribution is 7.91. The van der Waals surface area contributed by atoms with Gasteiger partial charge in [-0.2, -0.15) is 0 Å². The zero-order valence-electron chi connectivity index (χ0n) is 15.3. The summed E-state index contributed by atoms with van der Waals surface area (Å²) in [6.07, 6.45) is 1.48. The molecule has 0 aromatic heterocycles. The van der Waals surface area contributed by atoms with Crippen molar-refractivity contribution in [2.45, 2.75) is 32.7 Å². The number of nitrogens with one attached hydrogen (secondary N) is 2. The lowest BCUT2D eigenvalue weighted by Gasteiger charge is -2.26. The third-order valence-corrected chi connectivity index (χ3v) is 6.26. The number of aliphatic imine (C=N–C) groups is 1. The number of carbonyl (C=O) groups is 1. The van der Waals surface area contributed by atoms with E-state index < -0.39 is 9.84 Å². The molecular weight excluding hydrogens is 342 g/mol. The van der Waals surface area contributed by atoms with Crippen molar-refractivity contribution in [2.24, 2.45) is 4.99 Å². The molecule has 1 amide bonds. The van der Waals surface area contributed by atoms with Crippen LogP contribution in [0, 0.1) is 0 Å². The van der Waals surface area contributed by atoms with Gasteiger partial charge in [0.1, 0.15) is 0 Å². The van der Waals surface area contributed by atoms with Crippen molar-refractivity contribution < 1.29 is 13.2 Å². The summed E-state index contributed by atoms with van der Waals surface area (Å²) in [5.41, 5.74) is 0. The highest BCUT2D eigenvalue weighted by Crippen LogP contribution is 2.10. The average Bonchev–Trinajstić information content (AvgIpc) is 3.04. The van der Waals surface area contributed by atoms with Crippen molar-refractivity contribution in [1.82, 2.24) is 20.4 Å². The lowest BCUT2D eigenvalue weighted by Crippen LogP contribution is -2.45. The number of likely N-dealkylation sites (tertiary alicyclic amines) is 1. The normalized spacial score (nSPS) is 24.3. The second-order valence-corrected chi connectivity index (χ2v) is 8.88. The van der Waals surface area contributed by atoms with Gasteiger partial charge in [-0.3, -0.25) is 14.7 Å². The largest absolute Gasteiger partial charge is 0.357 e. The maximum Gasteiger partial charge on any atom is 0.222 e. The topological polar surface area (TPSA) is 94.1 Å². The fraction of sp³-hybridized carbons (Fsp3) is 0.875. The van der Waals surface area contributed by atoms with Crippen molar-refractivity contribution in [3.8, 4) is 0 Å². The predicted octanol–water partition coefficient (Wildman–Crippen LogP) is -0.717. The summed E-state index contributed by atoms with van der Waals surface area (Å²) in [7, 11) is -2.83. The van der Waals surface area contributed by atoms with E-state index in [1.807, 2.05) is 18.7 Å². The minimum atomic E-state index is -2.83. The van der Waals surface area contributed by atoms with E-state index in [1.165, 1.54) is 0 Å². The van der Waals surface area contributed by atoms with Crippen LogP contribution in [0.1, 0.15) is 26.7 Å². The summed E-state index contributed by atoms with van der Waals surface area (Å²) < 4.78 is 22.9. The number of guanidine groups is 1. The first kappa shape index (κ1) is 20.0. The molecule has 2 rings (SSSR count). The molecule has 0 radical (unpaired) electrons. The molecule has 1 unspecified atom stereocenters. The van der Waals surface area contributed by atoms with Crippen LogP contribution in [0.3, 0.4) is 0 Å². The van der Waals surface area contributed by atoms with Crippen molar-refractivity contribution >= 4 is 21.7 Å². The van der Waals surface area contributed by atoms with Crippen molar-refractivity contribution in [1.29, 1.82) is 0 Å². The van der Waals surface area contributed by atoms with Crippen LogP contribution in [0.25, 0.3) is 0 Å². The van der Waals surface area contributed by atoms with E-state index in [9.17, 15) is 13.2 Å². The lowest BCUT2D eigenvalue weighted by atomic mass is 10.3. The van der Waals surface area contributed by atoms with Crippen LogP contribution < -0.4 is 10.6 Å². The molecule has 0 spiro atoms.